The normalized spacial score (nSPS) is 10.8. The maximum Gasteiger partial charge on any atom is 0.134 e. The molecule has 106 valence electrons. The zero-order chi connectivity index (χ0) is 14.5. The predicted octanol–water partition coefficient (Wildman–Crippen LogP) is 3.89. The van der Waals surface area contributed by atoms with Crippen LogP contribution in [0.2, 0.25) is 0 Å². The van der Waals surface area contributed by atoms with Gasteiger partial charge in [0, 0.05) is 35.3 Å². The standard InChI is InChI=1S/C15H20N4S/c1-5-17-14-11(4)15(19-13(18-14)10(2)3)20-12-6-8-16-9-7-12/h6-10H,5H2,1-4H3,(H,17,18,19). The SMILES string of the molecule is CCNc1nc(C(C)C)nc(Sc2ccncc2)c1C. The minimum atomic E-state index is 0.310. The van der Waals surface area contributed by atoms with Gasteiger partial charge in [-0.1, -0.05) is 25.6 Å². The van der Waals surface area contributed by atoms with Gasteiger partial charge in [0.2, 0.25) is 0 Å². The summed E-state index contributed by atoms with van der Waals surface area (Å²) in [5, 5.41) is 4.33. The van der Waals surface area contributed by atoms with E-state index in [9.17, 15) is 0 Å². The molecule has 2 aromatic heterocycles. The Morgan fingerprint density at radius 2 is 1.90 bits per heavy atom. The van der Waals surface area contributed by atoms with E-state index in [2.05, 4.69) is 43.0 Å². The largest absolute Gasteiger partial charge is 0.370 e. The molecule has 0 aliphatic rings. The fraction of sp³-hybridized carbons (Fsp3) is 0.400. The minimum absolute atomic E-state index is 0.310. The summed E-state index contributed by atoms with van der Waals surface area (Å²) in [6.45, 7) is 9.22. The van der Waals surface area contributed by atoms with Crippen molar-refractivity contribution in [1.29, 1.82) is 0 Å². The van der Waals surface area contributed by atoms with Crippen molar-refractivity contribution >= 4 is 17.6 Å². The van der Waals surface area contributed by atoms with Crippen molar-refractivity contribution in [3.05, 3.63) is 35.9 Å². The molecule has 2 rings (SSSR count). The van der Waals surface area contributed by atoms with Crippen molar-refractivity contribution in [3.63, 3.8) is 0 Å². The van der Waals surface area contributed by atoms with Crippen LogP contribution in [0.4, 0.5) is 5.82 Å². The number of hydrogen-bond donors (Lipinski definition) is 1. The maximum atomic E-state index is 4.70. The second-order valence-corrected chi connectivity index (χ2v) is 5.89. The highest BCUT2D eigenvalue weighted by molar-refractivity contribution is 7.99. The Bertz CT molecular complexity index is 570. The van der Waals surface area contributed by atoms with Crippen molar-refractivity contribution < 1.29 is 0 Å². The molecule has 2 heterocycles. The van der Waals surface area contributed by atoms with E-state index < -0.39 is 0 Å². The van der Waals surface area contributed by atoms with Gasteiger partial charge in [0.25, 0.3) is 0 Å². The highest BCUT2D eigenvalue weighted by atomic mass is 32.2. The molecule has 0 bridgehead atoms. The molecule has 0 unspecified atom stereocenters. The van der Waals surface area contributed by atoms with Crippen molar-refractivity contribution in [2.24, 2.45) is 0 Å². The minimum Gasteiger partial charge on any atom is -0.370 e. The fourth-order valence-electron chi connectivity index (χ4n) is 1.73. The van der Waals surface area contributed by atoms with Crippen LogP contribution >= 0.6 is 11.8 Å². The summed E-state index contributed by atoms with van der Waals surface area (Å²) in [5.41, 5.74) is 1.10. The van der Waals surface area contributed by atoms with E-state index in [-0.39, 0.29) is 0 Å². The summed E-state index contributed by atoms with van der Waals surface area (Å²) in [6.07, 6.45) is 3.60. The lowest BCUT2D eigenvalue weighted by Crippen LogP contribution is -2.08. The summed E-state index contributed by atoms with van der Waals surface area (Å²) < 4.78 is 0. The fourth-order valence-corrected chi connectivity index (χ4v) is 2.60. The van der Waals surface area contributed by atoms with Crippen molar-refractivity contribution in [2.75, 3.05) is 11.9 Å². The summed E-state index contributed by atoms with van der Waals surface area (Å²) in [6, 6.07) is 3.99. The molecule has 0 saturated carbocycles. The third-order valence-electron chi connectivity index (χ3n) is 2.84. The van der Waals surface area contributed by atoms with Crippen LogP contribution in [0.5, 0.6) is 0 Å². The maximum absolute atomic E-state index is 4.70. The van der Waals surface area contributed by atoms with E-state index in [1.807, 2.05) is 12.1 Å². The molecule has 0 aromatic carbocycles. The molecule has 0 atom stereocenters. The topological polar surface area (TPSA) is 50.7 Å². The van der Waals surface area contributed by atoms with E-state index in [1.165, 1.54) is 0 Å². The second-order valence-electron chi connectivity index (χ2n) is 4.83. The number of anilines is 1. The van der Waals surface area contributed by atoms with E-state index in [1.54, 1.807) is 24.2 Å². The molecule has 0 amide bonds. The first-order valence-electron chi connectivity index (χ1n) is 6.82. The van der Waals surface area contributed by atoms with Crippen LogP contribution in [0.15, 0.2) is 34.4 Å². The first-order valence-corrected chi connectivity index (χ1v) is 7.63. The highest BCUT2D eigenvalue weighted by Gasteiger charge is 2.13. The van der Waals surface area contributed by atoms with Crippen LogP contribution in [0.1, 0.15) is 38.1 Å². The lowest BCUT2D eigenvalue weighted by Gasteiger charge is -2.14. The van der Waals surface area contributed by atoms with Crippen molar-refractivity contribution in [3.8, 4) is 0 Å². The van der Waals surface area contributed by atoms with Gasteiger partial charge in [0.15, 0.2) is 0 Å². The summed E-state index contributed by atoms with van der Waals surface area (Å²) in [5.74, 6) is 2.12. The van der Waals surface area contributed by atoms with Gasteiger partial charge >= 0.3 is 0 Å². The number of pyridine rings is 1. The summed E-state index contributed by atoms with van der Waals surface area (Å²) in [4.78, 5) is 14.5. The Hall–Kier alpha value is -1.62. The molecule has 1 N–H and O–H groups in total. The molecule has 0 radical (unpaired) electrons. The Kier molecular flexibility index (Phi) is 4.95. The van der Waals surface area contributed by atoms with Crippen LogP contribution in [0, 0.1) is 6.92 Å². The molecule has 5 heteroatoms. The monoisotopic (exact) mass is 288 g/mol. The smallest absolute Gasteiger partial charge is 0.134 e. The van der Waals surface area contributed by atoms with Gasteiger partial charge in [-0.3, -0.25) is 4.98 Å². The molecule has 20 heavy (non-hydrogen) atoms. The van der Waals surface area contributed by atoms with Crippen LogP contribution in [0.3, 0.4) is 0 Å². The lowest BCUT2D eigenvalue weighted by atomic mass is 10.2. The van der Waals surface area contributed by atoms with Crippen LogP contribution in [-0.2, 0) is 0 Å². The first kappa shape index (κ1) is 14.8. The van der Waals surface area contributed by atoms with Crippen LogP contribution in [-0.4, -0.2) is 21.5 Å². The average Bonchev–Trinajstić information content (AvgIpc) is 2.44. The molecule has 0 saturated heterocycles. The van der Waals surface area contributed by atoms with Crippen molar-refractivity contribution in [1.82, 2.24) is 15.0 Å². The van der Waals surface area contributed by atoms with E-state index in [0.717, 1.165) is 33.7 Å². The zero-order valence-corrected chi connectivity index (χ0v) is 13.2. The Labute approximate surface area is 124 Å². The molecule has 2 aromatic rings. The van der Waals surface area contributed by atoms with Crippen molar-refractivity contribution in [2.45, 2.75) is 43.5 Å². The third-order valence-corrected chi connectivity index (χ3v) is 3.94. The number of nitrogens with one attached hydrogen (secondary N) is 1. The zero-order valence-electron chi connectivity index (χ0n) is 12.3. The number of hydrogen-bond acceptors (Lipinski definition) is 5. The van der Waals surface area contributed by atoms with Gasteiger partial charge in [0.05, 0.1) is 0 Å². The molecular weight excluding hydrogens is 268 g/mol. The Balaban J connectivity index is 2.40. The third kappa shape index (κ3) is 3.48. The molecule has 0 fully saturated rings. The van der Waals surface area contributed by atoms with Gasteiger partial charge in [-0.05, 0) is 26.0 Å². The second kappa shape index (κ2) is 6.70. The summed E-state index contributed by atoms with van der Waals surface area (Å²) >= 11 is 1.65. The number of aromatic nitrogens is 3. The Morgan fingerprint density at radius 1 is 1.20 bits per heavy atom. The van der Waals surface area contributed by atoms with Crippen LogP contribution < -0.4 is 5.32 Å². The van der Waals surface area contributed by atoms with E-state index in [4.69, 9.17) is 4.98 Å². The number of rotatable bonds is 5. The molecule has 0 aliphatic carbocycles. The average molecular weight is 288 g/mol. The predicted molar refractivity (Wildman–Crippen MR) is 83.4 cm³/mol. The van der Waals surface area contributed by atoms with Gasteiger partial charge in [-0.2, -0.15) is 0 Å². The molecule has 0 spiro atoms. The lowest BCUT2D eigenvalue weighted by molar-refractivity contribution is 0.748. The van der Waals surface area contributed by atoms with E-state index in [0.29, 0.717) is 5.92 Å². The van der Waals surface area contributed by atoms with Gasteiger partial charge in [0.1, 0.15) is 16.7 Å². The van der Waals surface area contributed by atoms with E-state index >= 15 is 0 Å². The van der Waals surface area contributed by atoms with Gasteiger partial charge in [-0.15, -0.1) is 0 Å². The molecule has 4 nitrogen and oxygen atoms in total. The van der Waals surface area contributed by atoms with Crippen LogP contribution in [0.25, 0.3) is 0 Å². The first-order chi connectivity index (χ1) is 9.61. The molecule has 0 aliphatic heterocycles. The molecular formula is C15H20N4S. The Morgan fingerprint density at radius 3 is 2.50 bits per heavy atom. The summed E-state index contributed by atoms with van der Waals surface area (Å²) in [7, 11) is 0. The number of nitrogens with zero attached hydrogens (tertiary/aromatic N) is 3. The highest BCUT2D eigenvalue weighted by Crippen LogP contribution is 2.31. The van der Waals surface area contributed by atoms with Gasteiger partial charge in [-0.25, -0.2) is 9.97 Å². The van der Waals surface area contributed by atoms with Gasteiger partial charge < -0.3 is 5.32 Å². The quantitative estimate of drug-likeness (QED) is 0.846.